The second kappa shape index (κ2) is 5.57. The standard InChI is InChI=1S/C4H13O6P3/c5-12(6,4-2-1-3-11)10-13(7,8)9/h1-4,11H2,(H,5,6)(H2,7,8,9). The van der Waals surface area contributed by atoms with Crippen molar-refractivity contribution in [3.05, 3.63) is 0 Å². The number of phosphoric acid groups is 1. The molecule has 3 N–H and O–H groups in total. The highest BCUT2D eigenvalue weighted by Crippen LogP contribution is 2.57. The predicted octanol–water partition coefficient (Wildman–Crippen LogP) is 0.936. The first-order valence-corrected chi connectivity index (χ1v) is 7.66. The van der Waals surface area contributed by atoms with Gasteiger partial charge in [0.05, 0.1) is 6.16 Å². The van der Waals surface area contributed by atoms with Gasteiger partial charge < -0.3 is 14.7 Å². The van der Waals surface area contributed by atoms with Gasteiger partial charge in [0.25, 0.3) is 0 Å². The minimum Gasteiger partial charge on any atom is -0.324 e. The van der Waals surface area contributed by atoms with Gasteiger partial charge in [-0.1, -0.05) is 0 Å². The van der Waals surface area contributed by atoms with Gasteiger partial charge in [0, 0.05) is 0 Å². The minimum absolute atomic E-state index is 0.230. The summed E-state index contributed by atoms with van der Waals surface area (Å²) in [6.45, 7) is 0. The lowest BCUT2D eigenvalue weighted by Gasteiger charge is -2.11. The zero-order valence-electron chi connectivity index (χ0n) is 6.87. The zero-order chi connectivity index (χ0) is 10.5. The molecule has 13 heavy (non-hydrogen) atoms. The lowest BCUT2D eigenvalue weighted by Crippen LogP contribution is -1.94. The van der Waals surface area contributed by atoms with E-state index >= 15 is 0 Å². The number of hydrogen-bond acceptors (Lipinski definition) is 3. The first-order valence-electron chi connectivity index (χ1n) is 3.55. The molecular weight excluding hydrogens is 237 g/mol. The van der Waals surface area contributed by atoms with Crippen molar-refractivity contribution >= 4 is 24.7 Å². The first-order chi connectivity index (χ1) is 5.77. The van der Waals surface area contributed by atoms with E-state index in [1.807, 2.05) is 0 Å². The number of hydrogen-bond donors (Lipinski definition) is 3. The number of rotatable bonds is 6. The molecule has 0 bridgehead atoms. The Hall–Kier alpha value is 0.730. The Balaban J connectivity index is 3.95. The third-order valence-electron chi connectivity index (χ3n) is 1.13. The fraction of sp³-hybridized carbons (Fsp3) is 1.00. The van der Waals surface area contributed by atoms with Crippen molar-refractivity contribution in [2.24, 2.45) is 0 Å². The summed E-state index contributed by atoms with van der Waals surface area (Å²) in [6.07, 6.45) is 1.64. The lowest BCUT2D eigenvalue weighted by molar-refractivity contribution is 0.263. The molecule has 2 atom stereocenters. The van der Waals surface area contributed by atoms with Crippen LogP contribution < -0.4 is 0 Å². The van der Waals surface area contributed by atoms with Crippen LogP contribution in [0.5, 0.6) is 0 Å². The Bertz CT molecular complexity index is 234. The van der Waals surface area contributed by atoms with Crippen molar-refractivity contribution < 1.29 is 28.1 Å². The molecule has 0 rings (SSSR count). The summed E-state index contributed by atoms with van der Waals surface area (Å²) in [5, 5.41) is 0. The van der Waals surface area contributed by atoms with Gasteiger partial charge in [0.1, 0.15) is 0 Å². The van der Waals surface area contributed by atoms with E-state index in [0.29, 0.717) is 12.8 Å². The highest BCUT2D eigenvalue weighted by molar-refractivity contribution is 7.63. The van der Waals surface area contributed by atoms with E-state index in [1.165, 1.54) is 0 Å². The van der Waals surface area contributed by atoms with Crippen molar-refractivity contribution in [2.75, 3.05) is 12.3 Å². The summed E-state index contributed by atoms with van der Waals surface area (Å²) in [7, 11) is -6.53. The fourth-order valence-electron chi connectivity index (χ4n) is 0.663. The van der Waals surface area contributed by atoms with Crippen molar-refractivity contribution in [1.29, 1.82) is 0 Å². The topological polar surface area (TPSA) is 104 Å². The van der Waals surface area contributed by atoms with Crippen molar-refractivity contribution in [3.8, 4) is 0 Å². The SMILES string of the molecule is O=P(O)(O)OP(=O)(O)CCCCP. The maximum atomic E-state index is 10.9. The molecule has 0 heterocycles. The zero-order valence-corrected chi connectivity index (χ0v) is 9.81. The second-order valence-corrected chi connectivity index (χ2v) is 6.36. The summed E-state index contributed by atoms with van der Waals surface area (Å²) in [4.78, 5) is 25.4. The molecule has 0 aromatic rings. The second-order valence-electron chi connectivity index (χ2n) is 2.43. The highest BCUT2D eigenvalue weighted by Gasteiger charge is 2.29. The van der Waals surface area contributed by atoms with Crippen molar-refractivity contribution in [1.82, 2.24) is 0 Å². The molecule has 0 saturated carbocycles. The van der Waals surface area contributed by atoms with Crippen LogP contribution in [-0.2, 0) is 13.4 Å². The van der Waals surface area contributed by atoms with Gasteiger partial charge >= 0.3 is 15.4 Å². The van der Waals surface area contributed by atoms with E-state index in [2.05, 4.69) is 13.6 Å². The molecule has 0 saturated heterocycles. The fourth-order valence-corrected chi connectivity index (χ4v) is 3.23. The largest absolute Gasteiger partial charge is 0.476 e. The predicted molar refractivity (Wildman–Crippen MR) is 51.6 cm³/mol. The normalized spacial score (nSPS) is 16.9. The third kappa shape index (κ3) is 9.04. The van der Waals surface area contributed by atoms with Gasteiger partial charge in [-0.2, -0.15) is 0 Å². The van der Waals surface area contributed by atoms with Crippen LogP contribution in [0, 0.1) is 0 Å². The summed E-state index contributed by atoms with van der Waals surface area (Å²) in [5.74, 6) is 0. The van der Waals surface area contributed by atoms with Gasteiger partial charge in [-0.15, -0.1) is 9.24 Å². The summed E-state index contributed by atoms with van der Waals surface area (Å²) < 4.78 is 24.9. The van der Waals surface area contributed by atoms with Gasteiger partial charge in [0.2, 0.25) is 0 Å². The molecule has 6 nitrogen and oxygen atoms in total. The van der Waals surface area contributed by atoms with Crippen LogP contribution in [-0.4, -0.2) is 27.0 Å². The summed E-state index contributed by atoms with van der Waals surface area (Å²) >= 11 is 0. The molecule has 80 valence electrons. The van der Waals surface area contributed by atoms with E-state index in [1.54, 1.807) is 0 Å². The molecule has 0 aromatic carbocycles. The first kappa shape index (κ1) is 13.7. The van der Waals surface area contributed by atoms with Gasteiger partial charge in [0.15, 0.2) is 0 Å². The quantitative estimate of drug-likeness (QED) is 0.478. The Morgan fingerprint density at radius 2 is 1.69 bits per heavy atom. The van der Waals surface area contributed by atoms with Crippen LogP contribution in [0.25, 0.3) is 0 Å². The van der Waals surface area contributed by atoms with Crippen molar-refractivity contribution in [2.45, 2.75) is 12.8 Å². The molecule has 0 aliphatic carbocycles. The Morgan fingerprint density at radius 3 is 2.08 bits per heavy atom. The minimum atomic E-state index is -4.85. The molecule has 0 spiro atoms. The molecule has 9 heteroatoms. The monoisotopic (exact) mass is 250 g/mol. The van der Waals surface area contributed by atoms with Crippen LogP contribution in [0.1, 0.15) is 12.8 Å². The molecule has 0 fully saturated rings. The summed E-state index contributed by atoms with van der Waals surface area (Å²) in [5.41, 5.74) is 0. The van der Waals surface area contributed by atoms with Gasteiger partial charge in [-0.05, 0) is 19.0 Å². The number of unbranched alkanes of at least 4 members (excludes halogenated alkanes) is 1. The maximum absolute atomic E-state index is 10.9. The molecule has 2 unspecified atom stereocenters. The molecule has 0 aliphatic heterocycles. The van der Waals surface area contributed by atoms with E-state index < -0.39 is 15.4 Å². The van der Waals surface area contributed by atoms with Gasteiger partial charge in [-0.25, -0.2) is 8.88 Å². The van der Waals surface area contributed by atoms with E-state index in [0.717, 1.165) is 6.16 Å². The van der Waals surface area contributed by atoms with Crippen molar-refractivity contribution in [3.63, 3.8) is 0 Å². The van der Waals surface area contributed by atoms with E-state index in [4.69, 9.17) is 14.7 Å². The smallest absolute Gasteiger partial charge is 0.324 e. The summed E-state index contributed by atoms with van der Waals surface area (Å²) in [6, 6.07) is 0. The molecule has 0 amide bonds. The molecule has 0 aliphatic rings. The molecular formula is C4H13O6P3. The van der Waals surface area contributed by atoms with Crippen LogP contribution in [0.2, 0.25) is 0 Å². The Kier molecular flexibility index (Phi) is 5.88. The Morgan fingerprint density at radius 1 is 1.15 bits per heavy atom. The van der Waals surface area contributed by atoms with Gasteiger partial charge in [-0.3, -0.25) is 4.57 Å². The van der Waals surface area contributed by atoms with Crippen LogP contribution in [0.15, 0.2) is 0 Å². The Labute approximate surface area is 78.7 Å². The van der Waals surface area contributed by atoms with E-state index in [-0.39, 0.29) is 6.16 Å². The lowest BCUT2D eigenvalue weighted by atomic mass is 10.4. The average molecular weight is 250 g/mol. The van der Waals surface area contributed by atoms with Crippen LogP contribution in [0.3, 0.4) is 0 Å². The maximum Gasteiger partial charge on any atom is 0.476 e. The highest BCUT2D eigenvalue weighted by atomic mass is 31.3. The van der Waals surface area contributed by atoms with Crippen LogP contribution in [0.4, 0.5) is 0 Å². The third-order valence-corrected chi connectivity index (χ3v) is 4.29. The molecule has 0 aromatic heterocycles. The van der Waals surface area contributed by atoms with E-state index in [9.17, 15) is 9.13 Å². The van der Waals surface area contributed by atoms with Crippen LogP contribution >= 0.6 is 24.7 Å². The molecule has 0 radical (unpaired) electrons. The average Bonchev–Trinajstić information content (AvgIpc) is 1.81.